The summed E-state index contributed by atoms with van der Waals surface area (Å²) >= 11 is 0. The second-order valence-electron chi connectivity index (χ2n) is 5.25. The van der Waals surface area contributed by atoms with Crippen LogP contribution in [0.15, 0.2) is 30.5 Å². The molecule has 8 heteroatoms. The standard InChI is InChI=1S/C16H21F3N2O3/c1-4-24-9-8-15(23,16(17,18)19)10-20-14(22)21-13-11(2)6-5-7-12(13)3/h5-9,23H,4,10H2,1-3H3,(H2,20,21,22). The number of carbonyl (C=O) groups excluding carboxylic acids is 1. The van der Waals surface area contributed by atoms with Gasteiger partial charge in [0.15, 0.2) is 5.60 Å². The predicted molar refractivity (Wildman–Crippen MR) is 84.7 cm³/mol. The van der Waals surface area contributed by atoms with Crippen molar-refractivity contribution in [3.8, 4) is 0 Å². The minimum Gasteiger partial charge on any atom is -0.502 e. The van der Waals surface area contributed by atoms with Gasteiger partial charge < -0.3 is 20.5 Å². The van der Waals surface area contributed by atoms with Crippen LogP contribution in [0.4, 0.5) is 23.7 Å². The van der Waals surface area contributed by atoms with Crippen molar-refractivity contribution in [1.29, 1.82) is 0 Å². The highest BCUT2D eigenvalue weighted by molar-refractivity contribution is 5.91. The fourth-order valence-electron chi connectivity index (χ4n) is 1.89. The first-order chi connectivity index (χ1) is 11.1. The molecule has 1 aromatic carbocycles. The fraction of sp³-hybridized carbons (Fsp3) is 0.438. The lowest BCUT2D eigenvalue weighted by Gasteiger charge is -2.27. The number of aryl methyl sites for hydroxylation is 2. The van der Waals surface area contributed by atoms with Crippen molar-refractivity contribution in [3.05, 3.63) is 41.7 Å². The van der Waals surface area contributed by atoms with Gasteiger partial charge in [-0.15, -0.1) is 0 Å². The second kappa shape index (κ2) is 8.05. The number of rotatable bonds is 6. The summed E-state index contributed by atoms with van der Waals surface area (Å²) in [7, 11) is 0. The van der Waals surface area contributed by atoms with Crippen molar-refractivity contribution >= 4 is 11.7 Å². The summed E-state index contributed by atoms with van der Waals surface area (Å²) in [6.07, 6.45) is -3.74. The number of nitrogens with one attached hydrogen (secondary N) is 2. The molecule has 0 radical (unpaired) electrons. The molecule has 2 amide bonds. The number of hydrogen-bond acceptors (Lipinski definition) is 3. The smallest absolute Gasteiger partial charge is 0.422 e. The van der Waals surface area contributed by atoms with Gasteiger partial charge in [-0.05, 0) is 38.0 Å². The Morgan fingerprint density at radius 3 is 2.38 bits per heavy atom. The van der Waals surface area contributed by atoms with E-state index in [2.05, 4.69) is 10.1 Å². The molecule has 0 heterocycles. The van der Waals surface area contributed by atoms with Gasteiger partial charge in [0, 0.05) is 5.69 Å². The lowest BCUT2D eigenvalue weighted by Crippen LogP contribution is -2.52. The lowest BCUT2D eigenvalue weighted by molar-refractivity contribution is -0.237. The Balaban J connectivity index is 2.78. The van der Waals surface area contributed by atoms with Crippen LogP contribution in [0.25, 0.3) is 0 Å². The monoisotopic (exact) mass is 346 g/mol. The third-order valence-corrected chi connectivity index (χ3v) is 3.34. The molecule has 24 heavy (non-hydrogen) atoms. The van der Waals surface area contributed by atoms with E-state index in [-0.39, 0.29) is 6.61 Å². The molecule has 0 aromatic heterocycles. The maximum atomic E-state index is 13.0. The molecular formula is C16H21F3N2O3. The Labute approximate surface area is 138 Å². The number of benzene rings is 1. The van der Waals surface area contributed by atoms with Gasteiger partial charge in [0.05, 0.1) is 19.4 Å². The summed E-state index contributed by atoms with van der Waals surface area (Å²) in [6, 6.07) is 4.48. The van der Waals surface area contributed by atoms with E-state index >= 15 is 0 Å². The van der Waals surface area contributed by atoms with Gasteiger partial charge in [-0.3, -0.25) is 0 Å². The molecule has 0 fully saturated rings. The highest BCUT2D eigenvalue weighted by Crippen LogP contribution is 2.31. The third kappa shape index (κ3) is 5.16. The van der Waals surface area contributed by atoms with Gasteiger partial charge in [0.2, 0.25) is 0 Å². The zero-order valence-electron chi connectivity index (χ0n) is 13.7. The first kappa shape index (κ1) is 19.8. The highest BCUT2D eigenvalue weighted by atomic mass is 19.4. The van der Waals surface area contributed by atoms with Crippen LogP contribution >= 0.6 is 0 Å². The molecule has 1 unspecified atom stereocenters. The van der Waals surface area contributed by atoms with Crippen LogP contribution in [0.2, 0.25) is 0 Å². The SMILES string of the molecule is CCOC=CC(O)(CNC(=O)Nc1c(C)cccc1C)C(F)(F)F. The van der Waals surface area contributed by atoms with E-state index in [1.807, 2.05) is 5.32 Å². The van der Waals surface area contributed by atoms with Crippen molar-refractivity contribution in [1.82, 2.24) is 5.32 Å². The Bertz CT molecular complexity index is 582. The molecule has 1 rings (SSSR count). The molecular weight excluding hydrogens is 325 g/mol. The first-order valence-corrected chi connectivity index (χ1v) is 7.30. The van der Waals surface area contributed by atoms with Crippen LogP contribution in [0, 0.1) is 13.8 Å². The van der Waals surface area contributed by atoms with E-state index in [4.69, 9.17) is 0 Å². The average molecular weight is 346 g/mol. The van der Waals surface area contributed by atoms with Crippen LogP contribution in [0.1, 0.15) is 18.1 Å². The van der Waals surface area contributed by atoms with Crippen LogP contribution in [0.5, 0.6) is 0 Å². The lowest BCUT2D eigenvalue weighted by atomic mass is 10.0. The van der Waals surface area contributed by atoms with Crippen molar-refractivity contribution in [3.63, 3.8) is 0 Å². The molecule has 0 saturated heterocycles. The van der Waals surface area contributed by atoms with Gasteiger partial charge >= 0.3 is 12.2 Å². The number of carbonyl (C=O) groups is 1. The molecule has 0 aliphatic carbocycles. The third-order valence-electron chi connectivity index (χ3n) is 3.34. The molecule has 134 valence electrons. The Morgan fingerprint density at radius 1 is 1.29 bits per heavy atom. The zero-order chi connectivity index (χ0) is 18.4. The molecule has 0 saturated carbocycles. The van der Waals surface area contributed by atoms with Crippen LogP contribution < -0.4 is 10.6 Å². The van der Waals surface area contributed by atoms with E-state index in [0.717, 1.165) is 17.4 Å². The van der Waals surface area contributed by atoms with Crippen molar-refractivity contribution in [2.24, 2.45) is 0 Å². The Hall–Kier alpha value is -2.22. The van der Waals surface area contributed by atoms with Gasteiger partial charge in [0.1, 0.15) is 0 Å². The number of urea groups is 1. The Kier molecular flexibility index (Phi) is 6.65. The molecule has 0 bridgehead atoms. The van der Waals surface area contributed by atoms with Gasteiger partial charge in [0.25, 0.3) is 0 Å². The minimum atomic E-state index is -4.97. The first-order valence-electron chi connectivity index (χ1n) is 7.30. The zero-order valence-corrected chi connectivity index (χ0v) is 13.7. The Morgan fingerprint density at radius 2 is 1.88 bits per heavy atom. The topological polar surface area (TPSA) is 70.6 Å². The molecule has 1 atom stereocenters. The van der Waals surface area contributed by atoms with Crippen molar-refractivity contribution in [2.45, 2.75) is 32.5 Å². The predicted octanol–water partition coefficient (Wildman–Crippen LogP) is 3.27. The average Bonchev–Trinajstić information content (AvgIpc) is 2.48. The summed E-state index contributed by atoms with van der Waals surface area (Å²) in [5.41, 5.74) is -1.17. The van der Waals surface area contributed by atoms with Crippen LogP contribution in [-0.2, 0) is 4.74 Å². The quantitative estimate of drug-likeness (QED) is 0.693. The van der Waals surface area contributed by atoms with Crippen molar-refractivity contribution in [2.75, 3.05) is 18.5 Å². The maximum Gasteiger partial charge on any atom is 0.422 e. The molecule has 3 N–H and O–H groups in total. The number of para-hydroxylation sites is 1. The molecule has 0 aliphatic heterocycles. The summed E-state index contributed by atoms with van der Waals surface area (Å²) in [4.78, 5) is 11.9. The van der Waals surface area contributed by atoms with E-state index in [1.54, 1.807) is 39.0 Å². The molecule has 5 nitrogen and oxygen atoms in total. The molecule has 0 aliphatic rings. The van der Waals surface area contributed by atoms with E-state index < -0.39 is 24.4 Å². The maximum absolute atomic E-state index is 13.0. The minimum absolute atomic E-state index is 0.158. The van der Waals surface area contributed by atoms with Gasteiger partial charge in [-0.2, -0.15) is 13.2 Å². The largest absolute Gasteiger partial charge is 0.502 e. The summed E-state index contributed by atoms with van der Waals surface area (Å²) in [5, 5.41) is 14.3. The normalized spacial score (nSPS) is 14.3. The number of halogens is 3. The van der Waals surface area contributed by atoms with E-state index in [9.17, 15) is 23.1 Å². The number of hydrogen-bond donors (Lipinski definition) is 3. The van der Waals surface area contributed by atoms with E-state index in [0.29, 0.717) is 11.8 Å². The molecule has 1 aromatic rings. The van der Waals surface area contributed by atoms with Crippen LogP contribution in [-0.4, -0.2) is 36.1 Å². The summed E-state index contributed by atoms with van der Waals surface area (Å²) in [6.45, 7) is 4.23. The molecule has 0 spiro atoms. The summed E-state index contributed by atoms with van der Waals surface area (Å²) in [5.74, 6) is 0. The van der Waals surface area contributed by atoms with Crippen LogP contribution in [0.3, 0.4) is 0 Å². The summed E-state index contributed by atoms with van der Waals surface area (Å²) < 4.78 is 43.7. The van der Waals surface area contributed by atoms with E-state index in [1.165, 1.54) is 0 Å². The number of alkyl halides is 3. The van der Waals surface area contributed by atoms with Gasteiger partial charge in [-0.25, -0.2) is 4.79 Å². The van der Waals surface area contributed by atoms with Gasteiger partial charge in [-0.1, -0.05) is 18.2 Å². The highest BCUT2D eigenvalue weighted by Gasteiger charge is 2.52. The number of anilines is 1. The number of amides is 2. The number of ether oxygens (including phenoxy) is 1. The fourth-order valence-corrected chi connectivity index (χ4v) is 1.89. The number of aliphatic hydroxyl groups is 1. The van der Waals surface area contributed by atoms with Crippen molar-refractivity contribution < 1.29 is 27.8 Å². The second-order valence-corrected chi connectivity index (χ2v) is 5.25.